The Labute approximate surface area is 217 Å². The summed E-state index contributed by atoms with van der Waals surface area (Å²) in [7, 11) is -4.29. The van der Waals surface area contributed by atoms with Gasteiger partial charge in [-0.25, -0.2) is 13.4 Å². The zero-order valence-corrected chi connectivity index (χ0v) is 20.9. The highest BCUT2D eigenvalue weighted by Crippen LogP contribution is 2.30. The van der Waals surface area contributed by atoms with Crippen LogP contribution in [0.5, 0.6) is 0 Å². The van der Waals surface area contributed by atoms with Crippen LogP contribution in [-0.4, -0.2) is 41.8 Å². The summed E-state index contributed by atoms with van der Waals surface area (Å²) in [6.07, 6.45) is 2.61. The number of carboxylic acid groups (broad SMARTS) is 1. The van der Waals surface area contributed by atoms with Crippen molar-refractivity contribution in [1.82, 2.24) is 9.97 Å². The number of sulfonamides is 1. The lowest BCUT2D eigenvalue weighted by Crippen LogP contribution is -2.35. The number of para-hydroxylation sites is 1. The van der Waals surface area contributed by atoms with E-state index < -0.39 is 22.5 Å². The van der Waals surface area contributed by atoms with Gasteiger partial charge in [0.1, 0.15) is 22.8 Å². The maximum absolute atomic E-state index is 13.7. The highest BCUT2D eigenvalue weighted by Gasteiger charge is 2.29. The topological polar surface area (TPSA) is 163 Å². The molecule has 11 heteroatoms. The molecule has 0 aliphatic carbocycles. The molecular weight excluding hydrogens is 506 g/mol. The second-order valence-corrected chi connectivity index (χ2v) is 10.4. The zero-order chi connectivity index (χ0) is 26.9. The molecule has 0 radical (unpaired) electrons. The van der Waals surface area contributed by atoms with Gasteiger partial charge < -0.3 is 15.3 Å². The summed E-state index contributed by atoms with van der Waals surface area (Å²) in [6, 6.07) is 20.1. The summed E-state index contributed by atoms with van der Waals surface area (Å²) in [6.45, 7) is -0.783. The molecule has 5 aromatic rings. The minimum Gasteiger partial charge on any atom is -0.480 e. The van der Waals surface area contributed by atoms with Crippen LogP contribution in [0, 0.1) is 5.41 Å². The van der Waals surface area contributed by atoms with E-state index in [-0.39, 0.29) is 21.9 Å². The van der Waals surface area contributed by atoms with Gasteiger partial charge in [0.25, 0.3) is 10.0 Å². The average molecular weight is 530 g/mol. The van der Waals surface area contributed by atoms with Crippen molar-refractivity contribution in [2.45, 2.75) is 17.7 Å². The Kier molecular flexibility index (Phi) is 6.52. The Morgan fingerprint density at radius 2 is 1.79 bits per heavy atom. The van der Waals surface area contributed by atoms with E-state index in [1.165, 1.54) is 24.4 Å². The van der Waals surface area contributed by atoms with Crippen molar-refractivity contribution in [3.8, 4) is 0 Å². The van der Waals surface area contributed by atoms with Crippen LogP contribution in [0.15, 0.2) is 88.3 Å². The van der Waals surface area contributed by atoms with Crippen LogP contribution in [0.3, 0.4) is 0 Å². The number of aliphatic carboxylic acids is 1. The van der Waals surface area contributed by atoms with Crippen molar-refractivity contribution in [3.05, 3.63) is 96.0 Å². The molecule has 3 aromatic carbocycles. The minimum atomic E-state index is -4.29. The van der Waals surface area contributed by atoms with E-state index in [1.54, 1.807) is 42.5 Å². The molecule has 0 aliphatic rings. The van der Waals surface area contributed by atoms with Gasteiger partial charge in [-0.05, 0) is 36.2 Å². The number of nitrogen functional groups attached to an aromatic ring is 1. The van der Waals surface area contributed by atoms with E-state index in [1.807, 2.05) is 12.1 Å². The Balaban J connectivity index is 1.46. The van der Waals surface area contributed by atoms with Gasteiger partial charge in [-0.2, -0.15) is 0 Å². The number of nitrogens with one attached hydrogen (secondary N) is 1. The average Bonchev–Trinajstić information content (AvgIpc) is 3.32. The smallest absolute Gasteiger partial charge is 0.324 e. The van der Waals surface area contributed by atoms with Crippen LogP contribution in [0.25, 0.3) is 22.0 Å². The summed E-state index contributed by atoms with van der Waals surface area (Å²) >= 11 is 0. The van der Waals surface area contributed by atoms with Gasteiger partial charge in [0.05, 0.1) is 11.2 Å². The molecule has 0 unspecified atom stereocenters. The SMILES string of the molecule is N=C(N)c1ccc(CCc2nc3ccc(N(CC(=O)O)S(=O)(=O)c4cccc5cccnc45)cc3o2)cc1. The first-order valence-electron chi connectivity index (χ1n) is 11.6. The Morgan fingerprint density at radius 3 is 2.53 bits per heavy atom. The van der Waals surface area contributed by atoms with E-state index in [4.69, 9.17) is 15.6 Å². The van der Waals surface area contributed by atoms with E-state index >= 15 is 0 Å². The van der Waals surface area contributed by atoms with Crippen molar-refractivity contribution in [1.29, 1.82) is 5.41 Å². The number of pyridine rings is 1. The third kappa shape index (κ3) is 4.91. The number of aromatic nitrogens is 2. The van der Waals surface area contributed by atoms with Crippen LogP contribution < -0.4 is 10.0 Å². The predicted octanol–water partition coefficient (Wildman–Crippen LogP) is 3.73. The van der Waals surface area contributed by atoms with Gasteiger partial charge in [0.2, 0.25) is 0 Å². The summed E-state index contributed by atoms with van der Waals surface area (Å²) in [5.41, 5.74) is 8.41. The van der Waals surface area contributed by atoms with Crippen LogP contribution in [-0.2, 0) is 27.7 Å². The van der Waals surface area contributed by atoms with E-state index in [0.29, 0.717) is 40.8 Å². The molecule has 0 saturated carbocycles. The highest BCUT2D eigenvalue weighted by atomic mass is 32.2. The van der Waals surface area contributed by atoms with E-state index in [9.17, 15) is 18.3 Å². The lowest BCUT2D eigenvalue weighted by atomic mass is 10.1. The largest absolute Gasteiger partial charge is 0.480 e. The summed E-state index contributed by atoms with van der Waals surface area (Å²) in [5, 5.41) is 17.6. The predicted molar refractivity (Wildman–Crippen MR) is 143 cm³/mol. The number of anilines is 1. The quantitative estimate of drug-likeness (QED) is 0.192. The first kappa shape index (κ1) is 24.9. The van der Waals surface area contributed by atoms with Crippen molar-refractivity contribution in [2.24, 2.45) is 5.73 Å². The molecule has 2 heterocycles. The number of hydrogen-bond acceptors (Lipinski definition) is 7. The number of benzene rings is 3. The molecule has 2 aromatic heterocycles. The number of amidine groups is 1. The fraction of sp³-hybridized carbons (Fsp3) is 0.111. The van der Waals surface area contributed by atoms with Crippen LogP contribution in [0.4, 0.5) is 5.69 Å². The van der Waals surface area contributed by atoms with Gasteiger partial charge >= 0.3 is 5.97 Å². The molecule has 38 heavy (non-hydrogen) atoms. The van der Waals surface area contributed by atoms with E-state index in [0.717, 1.165) is 9.87 Å². The standard InChI is InChI=1S/C27H23N5O5S/c28-27(29)19-9-6-17(7-10-19)8-13-24-31-21-12-11-20(15-22(21)37-24)32(16-25(33)34)38(35,36)23-5-1-3-18-4-2-14-30-26(18)23/h1-7,9-12,14-15H,8,13,16H2,(H3,28,29)(H,33,34). The lowest BCUT2D eigenvalue weighted by molar-refractivity contribution is -0.135. The second-order valence-electron chi connectivity index (χ2n) is 8.61. The first-order chi connectivity index (χ1) is 18.2. The van der Waals surface area contributed by atoms with Crippen molar-refractivity contribution < 1.29 is 22.7 Å². The molecule has 0 fully saturated rings. The Hall–Kier alpha value is -4.77. The molecule has 0 bridgehead atoms. The molecule has 0 atom stereocenters. The van der Waals surface area contributed by atoms with Crippen LogP contribution >= 0.6 is 0 Å². The molecule has 5 rings (SSSR count). The number of aryl methyl sites for hydroxylation is 2. The number of nitrogens with zero attached hydrogens (tertiary/aromatic N) is 3. The number of rotatable bonds is 9. The number of nitrogens with two attached hydrogens (primary N) is 1. The molecule has 0 spiro atoms. The lowest BCUT2D eigenvalue weighted by Gasteiger charge is -2.23. The molecule has 10 nitrogen and oxygen atoms in total. The Morgan fingerprint density at radius 1 is 1.03 bits per heavy atom. The number of oxazole rings is 1. The molecule has 192 valence electrons. The van der Waals surface area contributed by atoms with Gasteiger partial charge in [-0.1, -0.05) is 42.5 Å². The third-order valence-electron chi connectivity index (χ3n) is 6.04. The van der Waals surface area contributed by atoms with Gasteiger partial charge in [0.15, 0.2) is 11.5 Å². The number of fused-ring (bicyclic) bond motifs is 2. The molecule has 0 aliphatic heterocycles. The normalized spacial score (nSPS) is 11.6. The van der Waals surface area contributed by atoms with E-state index in [2.05, 4.69) is 9.97 Å². The minimum absolute atomic E-state index is 0.00183. The number of carboxylic acids is 1. The molecular formula is C27H23N5O5S. The zero-order valence-electron chi connectivity index (χ0n) is 20.0. The highest BCUT2D eigenvalue weighted by molar-refractivity contribution is 7.93. The van der Waals surface area contributed by atoms with Gasteiger partial charge in [0, 0.05) is 29.6 Å². The fourth-order valence-corrected chi connectivity index (χ4v) is 5.74. The molecule has 4 N–H and O–H groups in total. The van der Waals surface area contributed by atoms with Crippen molar-refractivity contribution >= 4 is 49.5 Å². The summed E-state index contributed by atoms with van der Waals surface area (Å²) < 4.78 is 34.1. The maximum Gasteiger partial charge on any atom is 0.324 e. The van der Waals surface area contributed by atoms with Crippen LogP contribution in [0.2, 0.25) is 0 Å². The number of hydrogen-bond donors (Lipinski definition) is 3. The Bertz CT molecular complexity index is 1780. The van der Waals surface area contributed by atoms with Crippen molar-refractivity contribution in [3.63, 3.8) is 0 Å². The maximum atomic E-state index is 13.7. The second kappa shape index (κ2) is 9.94. The summed E-state index contributed by atoms with van der Waals surface area (Å²) in [4.78, 5) is 20.3. The molecule has 0 saturated heterocycles. The third-order valence-corrected chi connectivity index (χ3v) is 7.84. The first-order valence-corrected chi connectivity index (χ1v) is 13.1. The molecule has 0 amide bonds. The summed E-state index contributed by atoms with van der Waals surface area (Å²) in [5.74, 6) is -0.850. The monoisotopic (exact) mass is 529 g/mol. The van der Waals surface area contributed by atoms with Crippen LogP contribution in [0.1, 0.15) is 17.0 Å². The van der Waals surface area contributed by atoms with Gasteiger partial charge in [-0.3, -0.25) is 19.5 Å². The van der Waals surface area contributed by atoms with Crippen molar-refractivity contribution in [2.75, 3.05) is 10.8 Å². The fourth-order valence-electron chi connectivity index (χ4n) is 4.17. The van der Waals surface area contributed by atoms with Gasteiger partial charge in [-0.15, -0.1) is 0 Å². The number of carbonyl (C=O) groups is 1.